The van der Waals surface area contributed by atoms with Gasteiger partial charge in [-0.15, -0.1) is 0 Å². The maximum absolute atomic E-state index is 13.0. The van der Waals surface area contributed by atoms with Crippen LogP contribution in [0.2, 0.25) is 0 Å². The lowest BCUT2D eigenvalue weighted by Gasteiger charge is -2.24. The second-order valence-electron chi connectivity index (χ2n) is 7.19. The zero-order valence-corrected chi connectivity index (χ0v) is 15.5. The van der Waals surface area contributed by atoms with Crippen molar-refractivity contribution in [1.82, 2.24) is 9.55 Å². The van der Waals surface area contributed by atoms with E-state index < -0.39 is 5.79 Å². The van der Waals surface area contributed by atoms with Crippen LogP contribution in [0.4, 0.5) is 0 Å². The first-order chi connectivity index (χ1) is 13.7. The number of benzene rings is 2. The molecule has 5 heteroatoms. The minimum atomic E-state index is -0.557. The molecule has 2 aliphatic rings. The van der Waals surface area contributed by atoms with Crippen LogP contribution in [0.3, 0.4) is 0 Å². The summed E-state index contributed by atoms with van der Waals surface area (Å²) in [5.74, 6) is 6.55. The van der Waals surface area contributed by atoms with Gasteiger partial charge in [-0.1, -0.05) is 30.0 Å². The summed E-state index contributed by atoms with van der Waals surface area (Å²) in [6.45, 7) is 1.79. The van der Waals surface area contributed by atoms with Crippen molar-refractivity contribution in [2.45, 2.75) is 31.6 Å². The standard InChI is InChI=1S/C23H20N2O3/c26-22-19-9-8-18(7-6-17-4-2-1-3-5-17)16-20(19)24-21-10-11-23(12-13-25(21)22)27-14-15-28-23/h1-5,8-9,16H,10-15H2. The summed E-state index contributed by atoms with van der Waals surface area (Å²) in [6.07, 6.45) is 2.05. The molecule has 3 aromatic rings. The predicted molar refractivity (Wildman–Crippen MR) is 106 cm³/mol. The number of aryl methyl sites for hydroxylation is 1. The highest BCUT2D eigenvalue weighted by atomic mass is 16.7. The first-order valence-corrected chi connectivity index (χ1v) is 9.61. The lowest BCUT2D eigenvalue weighted by Crippen LogP contribution is -2.31. The number of hydrogen-bond acceptors (Lipinski definition) is 4. The van der Waals surface area contributed by atoms with Gasteiger partial charge in [0.1, 0.15) is 5.82 Å². The van der Waals surface area contributed by atoms with Crippen molar-refractivity contribution in [3.05, 3.63) is 75.8 Å². The Hall–Kier alpha value is -2.94. The van der Waals surface area contributed by atoms with Crippen LogP contribution in [0.15, 0.2) is 53.3 Å². The fourth-order valence-electron chi connectivity index (χ4n) is 3.93. The summed E-state index contributed by atoms with van der Waals surface area (Å²) < 4.78 is 13.5. The van der Waals surface area contributed by atoms with Gasteiger partial charge in [-0.25, -0.2) is 4.98 Å². The van der Waals surface area contributed by atoms with Gasteiger partial charge in [0.05, 0.1) is 24.1 Å². The van der Waals surface area contributed by atoms with Gasteiger partial charge in [0.15, 0.2) is 5.79 Å². The monoisotopic (exact) mass is 372 g/mol. The molecule has 0 unspecified atom stereocenters. The van der Waals surface area contributed by atoms with Gasteiger partial charge >= 0.3 is 0 Å². The molecule has 2 aromatic carbocycles. The lowest BCUT2D eigenvalue weighted by molar-refractivity contribution is -0.165. The molecular weight excluding hydrogens is 352 g/mol. The van der Waals surface area contributed by atoms with Crippen molar-refractivity contribution < 1.29 is 9.47 Å². The molecule has 2 aliphatic heterocycles. The number of nitrogens with zero attached hydrogens (tertiary/aromatic N) is 2. The van der Waals surface area contributed by atoms with Crippen LogP contribution < -0.4 is 5.56 Å². The summed E-state index contributed by atoms with van der Waals surface area (Å²) in [6, 6.07) is 15.5. The topological polar surface area (TPSA) is 53.4 Å². The molecule has 0 N–H and O–H groups in total. The largest absolute Gasteiger partial charge is 0.347 e. The molecule has 140 valence electrons. The molecule has 5 nitrogen and oxygen atoms in total. The third-order valence-electron chi connectivity index (χ3n) is 5.42. The van der Waals surface area contributed by atoms with Gasteiger partial charge < -0.3 is 9.47 Å². The van der Waals surface area contributed by atoms with Crippen molar-refractivity contribution in [3.8, 4) is 11.8 Å². The number of fused-ring (bicyclic) bond motifs is 2. The quantitative estimate of drug-likeness (QED) is 0.570. The van der Waals surface area contributed by atoms with Gasteiger partial charge in [0.2, 0.25) is 0 Å². The van der Waals surface area contributed by atoms with E-state index in [0.717, 1.165) is 23.4 Å². The van der Waals surface area contributed by atoms with E-state index in [2.05, 4.69) is 11.8 Å². The van der Waals surface area contributed by atoms with E-state index in [-0.39, 0.29) is 5.56 Å². The van der Waals surface area contributed by atoms with E-state index >= 15 is 0 Å². The van der Waals surface area contributed by atoms with E-state index in [0.29, 0.717) is 43.5 Å². The van der Waals surface area contributed by atoms with Crippen molar-refractivity contribution in [2.24, 2.45) is 0 Å². The van der Waals surface area contributed by atoms with Crippen LogP contribution in [0.25, 0.3) is 10.9 Å². The zero-order valence-electron chi connectivity index (χ0n) is 15.5. The molecule has 0 aliphatic carbocycles. The van der Waals surface area contributed by atoms with Crippen LogP contribution >= 0.6 is 0 Å². The van der Waals surface area contributed by atoms with E-state index in [1.807, 2.05) is 48.5 Å². The van der Waals surface area contributed by atoms with Crippen molar-refractivity contribution in [3.63, 3.8) is 0 Å². The SMILES string of the molecule is O=c1c2ccc(C#Cc3ccccc3)cc2nc2n1CCC1(CC2)OCCO1. The number of ether oxygens (including phenoxy) is 2. The van der Waals surface area contributed by atoms with Gasteiger partial charge in [0.25, 0.3) is 5.56 Å². The first kappa shape index (κ1) is 17.2. The lowest BCUT2D eigenvalue weighted by atomic mass is 10.1. The van der Waals surface area contributed by atoms with Crippen molar-refractivity contribution in [2.75, 3.05) is 13.2 Å². The highest BCUT2D eigenvalue weighted by molar-refractivity contribution is 5.79. The molecule has 1 aromatic heterocycles. The summed E-state index contributed by atoms with van der Waals surface area (Å²) in [7, 11) is 0. The van der Waals surface area contributed by atoms with Crippen molar-refractivity contribution >= 4 is 10.9 Å². The molecule has 0 amide bonds. The smallest absolute Gasteiger partial charge is 0.261 e. The maximum atomic E-state index is 13.0. The maximum Gasteiger partial charge on any atom is 0.261 e. The molecule has 0 atom stereocenters. The molecule has 5 rings (SSSR count). The van der Waals surface area contributed by atoms with E-state index in [1.54, 1.807) is 4.57 Å². The highest BCUT2D eigenvalue weighted by Gasteiger charge is 2.38. The average molecular weight is 372 g/mol. The molecule has 3 heterocycles. The van der Waals surface area contributed by atoms with Gasteiger partial charge in [-0.2, -0.15) is 0 Å². The Morgan fingerprint density at radius 1 is 0.964 bits per heavy atom. The Labute approximate surface area is 162 Å². The van der Waals surface area contributed by atoms with Crippen LogP contribution in [0.1, 0.15) is 29.8 Å². The molecule has 1 fully saturated rings. The summed E-state index contributed by atoms with van der Waals surface area (Å²) in [5.41, 5.74) is 2.50. The molecule has 0 radical (unpaired) electrons. The summed E-state index contributed by atoms with van der Waals surface area (Å²) >= 11 is 0. The third-order valence-corrected chi connectivity index (χ3v) is 5.42. The Balaban J connectivity index is 1.52. The molecule has 1 spiro atoms. The highest BCUT2D eigenvalue weighted by Crippen LogP contribution is 2.31. The summed E-state index contributed by atoms with van der Waals surface area (Å²) in [5, 5.41) is 0.623. The Morgan fingerprint density at radius 2 is 1.75 bits per heavy atom. The van der Waals surface area contributed by atoms with Crippen LogP contribution in [-0.4, -0.2) is 28.6 Å². The van der Waals surface area contributed by atoms with E-state index in [9.17, 15) is 4.79 Å². The minimum Gasteiger partial charge on any atom is -0.347 e. The fraction of sp³-hybridized carbons (Fsp3) is 0.304. The molecule has 1 saturated heterocycles. The van der Waals surface area contributed by atoms with Crippen LogP contribution in [0, 0.1) is 11.8 Å². The van der Waals surface area contributed by atoms with Crippen LogP contribution in [0.5, 0.6) is 0 Å². The van der Waals surface area contributed by atoms with Gasteiger partial charge in [-0.3, -0.25) is 9.36 Å². The Kier molecular flexibility index (Phi) is 4.23. The second kappa shape index (κ2) is 6.90. The molecule has 28 heavy (non-hydrogen) atoms. The summed E-state index contributed by atoms with van der Waals surface area (Å²) in [4.78, 5) is 17.8. The average Bonchev–Trinajstić information content (AvgIpc) is 3.11. The first-order valence-electron chi connectivity index (χ1n) is 9.61. The van der Waals surface area contributed by atoms with E-state index in [1.165, 1.54) is 0 Å². The fourth-order valence-corrected chi connectivity index (χ4v) is 3.93. The number of rotatable bonds is 0. The molecular formula is C23H20N2O3. The van der Waals surface area contributed by atoms with Gasteiger partial charge in [-0.05, 0) is 30.3 Å². The number of aromatic nitrogens is 2. The zero-order chi connectivity index (χ0) is 19.0. The number of hydrogen-bond donors (Lipinski definition) is 0. The Morgan fingerprint density at radius 3 is 2.57 bits per heavy atom. The predicted octanol–water partition coefficient (Wildman–Crippen LogP) is 2.88. The molecule has 0 saturated carbocycles. The molecule has 0 bridgehead atoms. The Bertz CT molecular complexity index is 1150. The third kappa shape index (κ3) is 3.11. The van der Waals surface area contributed by atoms with Crippen LogP contribution in [-0.2, 0) is 22.4 Å². The normalized spacial score (nSPS) is 17.7. The van der Waals surface area contributed by atoms with E-state index in [4.69, 9.17) is 14.5 Å². The van der Waals surface area contributed by atoms with Gasteiger partial charge in [0, 0.05) is 36.9 Å². The van der Waals surface area contributed by atoms with Crippen molar-refractivity contribution in [1.29, 1.82) is 0 Å². The minimum absolute atomic E-state index is 0.00221. The second-order valence-corrected chi connectivity index (χ2v) is 7.19.